The van der Waals surface area contributed by atoms with Crippen LogP contribution < -0.4 is 4.74 Å². The van der Waals surface area contributed by atoms with Gasteiger partial charge in [-0.2, -0.15) is 4.98 Å². The lowest BCUT2D eigenvalue weighted by Gasteiger charge is -2.39. The Morgan fingerprint density at radius 2 is 1.72 bits per heavy atom. The lowest BCUT2D eigenvalue weighted by atomic mass is 10.1. The maximum Gasteiger partial charge on any atom is 0.258 e. The van der Waals surface area contributed by atoms with Gasteiger partial charge in [0.15, 0.2) is 0 Å². The zero-order valence-corrected chi connectivity index (χ0v) is 16.7. The molecule has 0 atom stereocenters. The standard InChI is InChI=1S/C24H17F2N3O3/c25-17-8-11-21(26)20(12-17)24(30)29-13-19(14-29)31-18-9-6-16(7-10-18)23-27-22(28-32-23)15-4-2-1-3-5-15/h1-12,19H,13-14H2. The van der Waals surface area contributed by atoms with Gasteiger partial charge >= 0.3 is 0 Å². The molecule has 0 saturated carbocycles. The molecule has 6 nitrogen and oxygen atoms in total. The molecule has 1 aliphatic heterocycles. The van der Waals surface area contributed by atoms with E-state index in [-0.39, 0.29) is 11.7 Å². The number of hydrogen-bond donors (Lipinski definition) is 0. The Morgan fingerprint density at radius 1 is 0.969 bits per heavy atom. The largest absolute Gasteiger partial charge is 0.487 e. The van der Waals surface area contributed by atoms with Crippen LogP contribution in [0.5, 0.6) is 5.75 Å². The number of likely N-dealkylation sites (tertiary alicyclic amines) is 1. The molecule has 0 bridgehead atoms. The first kappa shape index (κ1) is 19.9. The van der Waals surface area contributed by atoms with Crippen LogP contribution in [0.1, 0.15) is 10.4 Å². The number of carbonyl (C=O) groups is 1. The van der Waals surface area contributed by atoms with Crippen LogP contribution in [0.4, 0.5) is 8.78 Å². The third-order valence-electron chi connectivity index (χ3n) is 5.16. The number of halogens is 2. The van der Waals surface area contributed by atoms with E-state index in [1.54, 1.807) is 24.3 Å². The maximum absolute atomic E-state index is 13.8. The molecule has 1 saturated heterocycles. The predicted molar refractivity (Wildman–Crippen MR) is 112 cm³/mol. The topological polar surface area (TPSA) is 68.5 Å². The van der Waals surface area contributed by atoms with Crippen LogP contribution in [0, 0.1) is 11.6 Å². The molecular weight excluding hydrogens is 416 g/mol. The Balaban J connectivity index is 1.19. The summed E-state index contributed by atoms with van der Waals surface area (Å²) in [5, 5.41) is 4.01. The van der Waals surface area contributed by atoms with E-state index >= 15 is 0 Å². The summed E-state index contributed by atoms with van der Waals surface area (Å²) in [5.74, 6) is -0.427. The van der Waals surface area contributed by atoms with Crippen molar-refractivity contribution in [2.75, 3.05) is 13.1 Å². The van der Waals surface area contributed by atoms with Gasteiger partial charge in [-0.1, -0.05) is 35.5 Å². The van der Waals surface area contributed by atoms with Gasteiger partial charge in [0.05, 0.1) is 18.7 Å². The van der Waals surface area contributed by atoms with E-state index in [1.165, 1.54) is 4.90 Å². The van der Waals surface area contributed by atoms with Crippen molar-refractivity contribution >= 4 is 5.91 Å². The number of amides is 1. The van der Waals surface area contributed by atoms with E-state index in [1.807, 2.05) is 30.3 Å². The molecule has 1 aromatic heterocycles. The number of carbonyl (C=O) groups excluding carboxylic acids is 1. The van der Waals surface area contributed by atoms with E-state index in [2.05, 4.69) is 10.1 Å². The molecule has 0 unspecified atom stereocenters. The van der Waals surface area contributed by atoms with Crippen molar-refractivity contribution in [2.24, 2.45) is 0 Å². The number of benzene rings is 3. The lowest BCUT2D eigenvalue weighted by molar-refractivity contribution is 0.0174. The molecule has 0 N–H and O–H groups in total. The molecular formula is C24H17F2N3O3. The smallest absolute Gasteiger partial charge is 0.258 e. The first-order valence-corrected chi connectivity index (χ1v) is 9.97. The Hall–Kier alpha value is -4.07. The average molecular weight is 433 g/mol. The highest BCUT2D eigenvalue weighted by molar-refractivity contribution is 5.95. The number of ether oxygens (including phenoxy) is 1. The quantitative estimate of drug-likeness (QED) is 0.461. The van der Waals surface area contributed by atoms with Crippen LogP contribution in [-0.4, -0.2) is 40.1 Å². The molecule has 5 rings (SSSR count). The van der Waals surface area contributed by atoms with Gasteiger partial charge in [-0.25, -0.2) is 8.78 Å². The summed E-state index contributed by atoms with van der Waals surface area (Å²) in [5.41, 5.74) is 1.34. The predicted octanol–water partition coefficient (Wildman–Crippen LogP) is 4.59. The minimum atomic E-state index is -0.743. The van der Waals surface area contributed by atoms with Crippen molar-refractivity contribution in [3.05, 3.63) is 90.0 Å². The molecule has 8 heteroatoms. The first-order valence-electron chi connectivity index (χ1n) is 9.97. The van der Waals surface area contributed by atoms with Gasteiger partial charge in [-0.3, -0.25) is 4.79 Å². The van der Waals surface area contributed by atoms with E-state index in [9.17, 15) is 13.6 Å². The molecule has 32 heavy (non-hydrogen) atoms. The summed E-state index contributed by atoms with van der Waals surface area (Å²) in [6, 6.07) is 19.5. The van der Waals surface area contributed by atoms with Crippen molar-refractivity contribution < 1.29 is 22.8 Å². The fourth-order valence-electron chi connectivity index (χ4n) is 3.42. The van der Waals surface area contributed by atoms with Crippen LogP contribution in [0.2, 0.25) is 0 Å². The Bertz CT molecular complexity index is 1250. The van der Waals surface area contributed by atoms with E-state index in [0.29, 0.717) is 30.6 Å². The van der Waals surface area contributed by atoms with Crippen molar-refractivity contribution in [3.63, 3.8) is 0 Å². The second kappa shape index (κ2) is 8.22. The fourth-order valence-corrected chi connectivity index (χ4v) is 3.42. The molecule has 1 aliphatic rings. The summed E-state index contributed by atoms with van der Waals surface area (Å²) in [6.07, 6.45) is -0.227. The van der Waals surface area contributed by atoms with Crippen LogP contribution >= 0.6 is 0 Å². The minimum Gasteiger partial charge on any atom is -0.487 e. The van der Waals surface area contributed by atoms with Gasteiger partial charge in [-0.05, 0) is 42.5 Å². The van der Waals surface area contributed by atoms with Crippen molar-refractivity contribution in [1.29, 1.82) is 0 Å². The maximum atomic E-state index is 13.8. The summed E-state index contributed by atoms with van der Waals surface area (Å²) in [4.78, 5) is 18.2. The van der Waals surface area contributed by atoms with Crippen LogP contribution in [-0.2, 0) is 0 Å². The van der Waals surface area contributed by atoms with Gasteiger partial charge in [0.25, 0.3) is 11.8 Å². The molecule has 0 radical (unpaired) electrons. The zero-order chi connectivity index (χ0) is 22.1. The molecule has 1 amide bonds. The van der Waals surface area contributed by atoms with Crippen molar-refractivity contribution in [3.8, 4) is 28.6 Å². The lowest BCUT2D eigenvalue weighted by Crippen LogP contribution is -2.56. The van der Waals surface area contributed by atoms with E-state index < -0.39 is 17.5 Å². The number of aromatic nitrogens is 2. The van der Waals surface area contributed by atoms with E-state index in [0.717, 1.165) is 29.3 Å². The highest BCUT2D eigenvalue weighted by atomic mass is 19.1. The monoisotopic (exact) mass is 433 g/mol. The molecule has 1 fully saturated rings. The van der Waals surface area contributed by atoms with Crippen molar-refractivity contribution in [1.82, 2.24) is 15.0 Å². The summed E-state index contributed by atoms with van der Waals surface area (Å²) >= 11 is 0. The average Bonchev–Trinajstić information content (AvgIpc) is 3.28. The highest BCUT2D eigenvalue weighted by Crippen LogP contribution is 2.26. The third-order valence-corrected chi connectivity index (χ3v) is 5.16. The fraction of sp³-hybridized carbons (Fsp3) is 0.125. The molecule has 3 aromatic carbocycles. The molecule has 160 valence electrons. The second-order valence-electron chi connectivity index (χ2n) is 7.39. The minimum absolute atomic E-state index is 0.227. The Kier molecular flexibility index (Phi) is 5.10. The normalized spacial score (nSPS) is 13.6. The summed E-state index contributed by atoms with van der Waals surface area (Å²) in [6.45, 7) is 0.585. The summed E-state index contributed by atoms with van der Waals surface area (Å²) in [7, 11) is 0. The summed E-state index contributed by atoms with van der Waals surface area (Å²) < 4.78 is 38.3. The van der Waals surface area contributed by atoms with Crippen LogP contribution in [0.25, 0.3) is 22.8 Å². The van der Waals surface area contributed by atoms with Crippen molar-refractivity contribution in [2.45, 2.75) is 6.10 Å². The molecule has 2 heterocycles. The molecule has 4 aromatic rings. The molecule has 0 aliphatic carbocycles. The SMILES string of the molecule is O=C(c1cc(F)ccc1F)N1CC(Oc2ccc(-c3nc(-c4ccccc4)no3)cc2)C1. The van der Waals surface area contributed by atoms with E-state index in [4.69, 9.17) is 9.26 Å². The second-order valence-corrected chi connectivity index (χ2v) is 7.39. The van der Waals surface area contributed by atoms with Gasteiger partial charge in [0, 0.05) is 11.1 Å². The van der Waals surface area contributed by atoms with Gasteiger partial charge < -0.3 is 14.2 Å². The first-order chi connectivity index (χ1) is 15.6. The van der Waals surface area contributed by atoms with Crippen LogP contribution in [0.3, 0.4) is 0 Å². The zero-order valence-electron chi connectivity index (χ0n) is 16.7. The Morgan fingerprint density at radius 3 is 2.47 bits per heavy atom. The number of hydrogen-bond acceptors (Lipinski definition) is 5. The molecule has 0 spiro atoms. The van der Waals surface area contributed by atoms with Crippen LogP contribution in [0.15, 0.2) is 77.3 Å². The van der Waals surface area contributed by atoms with Gasteiger partial charge in [-0.15, -0.1) is 0 Å². The third kappa shape index (κ3) is 3.94. The number of nitrogens with zero attached hydrogens (tertiary/aromatic N) is 3. The Labute approximate surface area is 182 Å². The number of rotatable bonds is 5. The van der Waals surface area contributed by atoms with Gasteiger partial charge in [0.2, 0.25) is 5.82 Å². The highest BCUT2D eigenvalue weighted by Gasteiger charge is 2.34. The van der Waals surface area contributed by atoms with Gasteiger partial charge in [0.1, 0.15) is 23.5 Å².